The average Bonchev–Trinajstić information content (AvgIpc) is 2.73. The zero-order chi connectivity index (χ0) is 12.5. The van der Waals surface area contributed by atoms with Crippen LogP contribution in [0.25, 0.3) is 0 Å². The minimum absolute atomic E-state index is 0.204. The number of alkyl halides is 2. The molecule has 0 aromatic rings. The van der Waals surface area contributed by atoms with E-state index in [1.807, 2.05) is 6.92 Å². The normalized spacial score (nSPS) is 36.2. The summed E-state index contributed by atoms with van der Waals surface area (Å²) in [7, 11) is 0. The van der Waals surface area contributed by atoms with Crippen molar-refractivity contribution in [1.29, 1.82) is 0 Å². The topological polar surface area (TPSA) is 47.6 Å². The number of halogens is 2. The van der Waals surface area contributed by atoms with Crippen molar-refractivity contribution in [2.75, 3.05) is 19.7 Å². The molecule has 0 spiro atoms. The molecule has 6 heteroatoms. The van der Waals surface area contributed by atoms with Gasteiger partial charge in [0.1, 0.15) is 6.10 Å². The SMILES string of the molecule is CC1OCCC1CNCC1CC(F)(F)C(=O)O1. The minimum Gasteiger partial charge on any atom is -0.456 e. The number of ether oxygens (including phenoxy) is 2. The lowest BCUT2D eigenvalue weighted by Crippen LogP contribution is -2.33. The number of hydrogen-bond acceptors (Lipinski definition) is 4. The molecular formula is C11H17F2NO3. The molecule has 17 heavy (non-hydrogen) atoms. The molecule has 0 aliphatic carbocycles. The number of rotatable bonds is 4. The third-order valence-corrected chi connectivity index (χ3v) is 3.37. The largest absolute Gasteiger partial charge is 0.456 e. The second-order valence-corrected chi connectivity index (χ2v) is 4.72. The summed E-state index contributed by atoms with van der Waals surface area (Å²) >= 11 is 0. The molecule has 3 unspecified atom stereocenters. The molecule has 2 aliphatic heterocycles. The second kappa shape index (κ2) is 4.86. The summed E-state index contributed by atoms with van der Waals surface area (Å²) in [6.45, 7) is 3.75. The third kappa shape index (κ3) is 2.93. The fourth-order valence-electron chi connectivity index (χ4n) is 2.24. The third-order valence-electron chi connectivity index (χ3n) is 3.37. The van der Waals surface area contributed by atoms with Gasteiger partial charge in [-0.25, -0.2) is 4.79 Å². The lowest BCUT2D eigenvalue weighted by Gasteiger charge is -2.16. The van der Waals surface area contributed by atoms with Crippen LogP contribution in [0.4, 0.5) is 8.78 Å². The molecule has 0 bridgehead atoms. The first-order chi connectivity index (χ1) is 7.99. The van der Waals surface area contributed by atoms with Crippen molar-refractivity contribution in [2.45, 2.75) is 37.9 Å². The lowest BCUT2D eigenvalue weighted by molar-refractivity contribution is -0.159. The Hall–Kier alpha value is -0.750. The summed E-state index contributed by atoms with van der Waals surface area (Å²) in [4.78, 5) is 10.8. The molecular weight excluding hydrogens is 232 g/mol. The van der Waals surface area contributed by atoms with Crippen LogP contribution >= 0.6 is 0 Å². The molecule has 2 heterocycles. The Bertz CT molecular complexity index is 298. The van der Waals surface area contributed by atoms with Gasteiger partial charge in [0.25, 0.3) is 0 Å². The fraction of sp³-hybridized carbons (Fsp3) is 0.909. The molecule has 0 saturated carbocycles. The highest BCUT2D eigenvalue weighted by Crippen LogP contribution is 2.30. The van der Waals surface area contributed by atoms with Crippen LogP contribution in [0.15, 0.2) is 0 Å². The average molecular weight is 249 g/mol. The number of hydrogen-bond donors (Lipinski definition) is 1. The first-order valence-electron chi connectivity index (χ1n) is 5.90. The predicted molar refractivity (Wildman–Crippen MR) is 55.8 cm³/mol. The Morgan fingerprint density at radius 2 is 2.24 bits per heavy atom. The minimum atomic E-state index is -3.31. The molecule has 98 valence electrons. The van der Waals surface area contributed by atoms with Gasteiger partial charge in [-0.2, -0.15) is 8.78 Å². The summed E-state index contributed by atoms with van der Waals surface area (Å²) < 4.78 is 35.7. The molecule has 2 rings (SSSR count). The van der Waals surface area contributed by atoms with Crippen LogP contribution in [0.3, 0.4) is 0 Å². The maximum atomic E-state index is 12.9. The Kier molecular flexibility index (Phi) is 3.63. The van der Waals surface area contributed by atoms with Crippen LogP contribution in [-0.4, -0.2) is 43.8 Å². The maximum absolute atomic E-state index is 12.9. The highest BCUT2D eigenvalue weighted by Gasteiger charge is 2.50. The van der Waals surface area contributed by atoms with E-state index in [1.165, 1.54) is 0 Å². The quantitative estimate of drug-likeness (QED) is 0.754. The van der Waals surface area contributed by atoms with Gasteiger partial charge in [0.05, 0.1) is 12.5 Å². The van der Waals surface area contributed by atoms with Gasteiger partial charge in [-0.05, 0) is 19.3 Å². The zero-order valence-electron chi connectivity index (χ0n) is 9.75. The van der Waals surface area contributed by atoms with Crippen molar-refractivity contribution in [3.63, 3.8) is 0 Å². The van der Waals surface area contributed by atoms with Crippen LogP contribution in [0.1, 0.15) is 19.8 Å². The molecule has 0 aromatic heterocycles. The molecule has 2 fully saturated rings. The molecule has 3 atom stereocenters. The second-order valence-electron chi connectivity index (χ2n) is 4.72. The molecule has 1 N–H and O–H groups in total. The molecule has 0 amide bonds. The van der Waals surface area contributed by atoms with Crippen LogP contribution in [0, 0.1) is 5.92 Å². The molecule has 2 saturated heterocycles. The smallest absolute Gasteiger partial charge is 0.377 e. The molecule has 0 aromatic carbocycles. The monoisotopic (exact) mass is 249 g/mol. The van der Waals surface area contributed by atoms with E-state index in [-0.39, 0.29) is 12.6 Å². The number of cyclic esters (lactones) is 1. The Labute approximate surface area is 98.6 Å². The van der Waals surface area contributed by atoms with E-state index >= 15 is 0 Å². The standard InChI is InChI=1S/C11H17F2NO3/c1-7-8(2-3-16-7)5-14-6-9-4-11(12,13)10(15)17-9/h7-9,14H,2-6H2,1H3. The summed E-state index contributed by atoms with van der Waals surface area (Å²) in [5.41, 5.74) is 0. The maximum Gasteiger partial charge on any atom is 0.377 e. The van der Waals surface area contributed by atoms with Crippen molar-refractivity contribution in [3.05, 3.63) is 0 Å². The van der Waals surface area contributed by atoms with E-state index in [2.05, 4.69) is 10.1 Å². The van der Waals surface area contributed by atoms with Crippen LogP contribution in [0.2, 0.25) is 0 Å². The van der Waals surface area contributed by atoms with Gasteiger partial charge in [-0.1, -0.05) is 0 Å². The van der Waals surface area contributed by atoms with Crippen molar-refractivity contribution >= 4 is 5.97 Å². The number of carbonyl (C=O) groups excluding carboxylic acids is 1. The van der Waals surface area contributed by atoms with Gasteiger partial charge in [-0.15, -0.1) is 0 Å². The van der Waals surface area contributed by atoms with Gasteiger partial charge in [-0.3, -0.25) is 0 Å². The van der Waals surface area contributed by atoms with Gasteiger partial charge >= 0.3 is 11.9 Å². The first-order valence-corrected chi connectivity index (χ1v) is 5.90. The van der Waals surface area contributed by atoms with E-state index in [9.17, 15) is 13.6 Å². The van der Waals surface area contributed by atoms with Crippen LogP contribution in [0.5, 0.6) is 0 Å². The first kappa shape index (κ1) is 12.7. The number of esters is 1. The number of carbonyl (C=O) groups is 1. The highest BCUT2D eigenvalue weighted by atomic mass is 19.3. The van der Waals surface area contributed by atoms with Crippen LogP contribution in [-0.2, 0) is 14.3 Å². The van der Waals surface area contributed by atoms with E-state index in [1.54, 1.807) is 0 Å². The Morgan fingerprint density at radius 1 is 1.47 bits per heavy atom. The van der Waals surface area contributed by atoms with Crippen LogP contribution < -0.4 is 5.32 Å². The van der Waals surface area contributed by atoms with E-state index in [0.29, 0.717) is 12.5 Å². The predicted octanol–water partition coefficient (Wildman–Crippen LogP) is 0.952. The van der Waals surface area contributed by atoms with Gasteiger partial charge in [0, 0.05) is 19.7 Å². The van der Waals surface area contributed by atoms with Crippen molar-refractivity contribution in [3.8, 4) is 0 Å². The Balaban J connectivity index is 1.68. The molecule has 2 aliphatic rings. The summed E-state index contributed by atoms with van der Waals surface area (Å²) in [5, 5.41) is 3.07. The van der Waals surface area contributed by atoms with Crippen molar-refractivity contribution in [2.24, 2.45) is 5.92 Å². The van der Waals surface area contributed by atoms with Crippen molar-refractivity contribution < 1.29 is 23.0 Å². The number of nitrogens with one attached hydrogen (secondary N) is 1. The fourth-order valence-corrected chi connectivity index (χ4v) is 2.24. The van der Waals surface area contributed by atoms with Gasteiger partial charge < -0.3 is 14.8 Å². The van der Waals surface area contributed by atoms with Crippen molar-refractivity contribution in [1.82, 2.24) is 5.32 Å². The van der Waals surface area contributed by atoms with Gasteiger partial charge in [0.15, 0.2) is 0 Å². The summed E-state index contributed by atoms with van der Waals surface area (Å²) in [6.07, 6.45) is -0.0464. The lowest BCUT2D eigenvalue weighted by atomic mass is 10.0. The molecule has 0 radical (unpaired) electrons. The molecule has 4 nitrogen and oxygen atoms in total. The van der Waals surface area contributed by atoms with E-state index < -0.39 is 24.4 Å². The summed E-state index contributed by atoms with van der Waals surface area (Å²) in [5.74, 6) is -4.30. The summed E-state index contributed by atoms with van der Waals surface area (Å²) in [6, 6.07) is 0. The Morgan fingerprint density at radius 3 is 2.76 bits per heavy atom. The zero-order valence-corrected chi connectivity index (χ0v) is 9.75. The van der Waals surface area contributed by atoms with E-state index in [4.69, 9.17) is 4.74 Å². The van der Waals surface area contributed by atoms with E-state index in [0.717, 1.165) is 13.0 Å². The van der Waals surface area contributed by atoms with Gasteiger partial charge in [0.2, 0.25) is 0 Å². The highest BCUT2D eigenvalue weighted by molar-refractivity contribution is 5.79.